The van der Waals surface area contributed by atoms with Gasteiger partial charge in [-0.15, -0.1) is 0 Å². The Bertz CT molecular complexity index is 429. The molecule has 0 aliphatic heterocycles. The topological polar surface area (TPSA) is 29.1 Å². The first-order valence-electron chi connectivity index (χ1n) is 7.43. The van der Waals surface area contributed by atoms with E-state index in [4.69, 9.17) is 0 Å². The van der Waals surface area contributed by atoms with Crippen LogP contribution in [0.25, 0.3) is 0 Å². The second-order valence-corrected chi connectivity index (χ2v) is 5.85. The third-order valence-electron chi connectivity index (χ3n) is 4.26. The summed E-state index contributed by atoms with van der Waals surface area (Å²) in [6, 6.07) is 6.72. The van der Waals surface area contributed by atoms with Crippen LogP contribution in [0.3, 0.4) is 0 Å². The standard InChI is InChI=1S/C17H25NO/c1-13-3-4-15(11-14(13)2)9-10-18-12-16-5-7-17(19)8-6-16/h3-4,11,16,18H,5-10,12H2,1-2H3. The average Bonchev–Trinajstić information content (AvgIpc) is 2.41. The highest BCUT2D eigenvalue weighted by Crippen LogP contribution is 2.20. The zero-order chi connectivity index (χ0) is 13.7. The lowest BCUT2D eigenvalue weighted by molar-refractivity contribution is -0.120. The molecule has 1 saturated carbocycles. The molecule has 1 aromatic carbocycles. The Labute approximate surface area is 116 Å². The van der Waals surface area contributed by atoms with Gasteiger partial charge in [0.2, 0.25) is 0 Å². The van der Waals surface area contributed by atoms with Crippen LogP contribution in [0.2, 0.25) is 0 Å². The molecule has 0 saturated heterocycles. The maximum Gasteiger partial charge on any atom is 0.132 e. The van der Waals surface area contributed by atoms with Crippen LogP contribution in [0, 0.1) is 19.8 Å². The van der Waals surface area contributed by atoms with Gasteiger partial charge in [-0.2, -0.15) is 0 Å². The van der Waals surface area contributed by atoms with Gasteiger partial charge in [0.15, 0.2) is 0 Å². The molecule has 0 amide bonds. The molecule has 0 radical (unpaired) electrons. The van der Waals surface area contributed by atoms with Gasteiger partial charge < -0.3 is 5.32 Å². The van der Waals surface area contributed by atoms with E-state index >= 15 is 0 Å². The molecule has 19 heavy (non-hydrogen) atoms. The van der Waals surface area contributed by atoms with Gasteiger partial charge in [0.25, 0.3) is 0 Å². The van der Waals surface area contributed by atoms with E-state index in [0.29, 0.717) is 11.7 Å². The van der Waals surface area contributed by atoms with Gasteiger partial charge in [-0.05, 0) is 68.8 Å². The van der Waals surface area contributed by atoms with Crippen LogP contribution in [-0.2, 0) is 11.2 Å². The highest BCUT2D eigenvalue weighted by atomic mass is 16.1. The maximum absolute atomic E-state index is 11.2. The SMILES string of the molecule is Cc1ccc(CCNCC2CCC(=O)CC2)cc1C. The van der Waals surface area contributed by atoms with E-state index in [9.17, 15) is 4.79 Å². The van der Waals surface area contributed by atoms with Crippen molar-refractivity contribution in [2.24, 2.45) is 5.92 Å². The van der Waals surface area contributed by atoms with Gasteiger partial charge in [0, 0.05) is 12.8 Å². The number of nitrogens with one attached hydrogen (secondary N) is 1. The van der Waals surface area contributed by atoms with Crippen molar-refractivity contribution in [3.05, 3.63) is 34.9 Å². The summed E-state index contributed by atoms with van der Waals surface area (Å²) in [5, 5.41) is 3.54. The molecule has 0 aromatic heterocycles. The summed E-state index contributed by atoms with van der Waals surface area (Å²) in [4.78, 5) is 11.2. The Morgan fingerprint density at radius 3 is 2.58 bits per heavy atom. The summed E-state index contributed by atoms with van der Waals surface area (Å²) in [5.74, 6) is 1.16. The average molecular weight is 259 g/mol. The predicted octanol–water partition coefficient (Wildman–Crippen LogP) is 3.19. The van der Waals surface area contributed by atoms with Gasteiger partial charge in [-0.25, -0.2) is 0 Å². The second-order valence-electron chi connectivity index (χ2n) is 5.85. The van der Waals surface area contributed by atoms with Crippen molar-refractivity contribution in [1.82, 2.24) is 5.32 Å². The molecule has 0 unspecified atom stereocenters. The molecule has 104 valence electrons. The Balaban J connectivity index is 1.66. The first-order chi connectivity index (χ1) is 9.15. The van der Waals surface area contributed by atoms with Gasteiger partial charge in [0.1, 0.15) is 5.78 Å². The molecule has 0 spiro atoms. The number of hydrogen-bond acceptors (Lipinski definition) is 2. The van der Waals surface area contributed by atoms with Crippen LogP contribution >= 0.6 is 0 Å². The van der Waals surface area contributed by atoms with Gasteiger partial charge in [-0.1, -0.05) is 18.2 Å². The molecule has 0 heterocycles. The fourth-order valence-corrected chi connectivity index (χ4v) is 2.70. The van der Waals surface area contributed by atoms with E-state index in [2.05, 4.69) is 37.4 Å². The summed E-state index contributed by atoms with van der Waals surface area (Å²) in [5.41, 5.74) is 4.15. The molecule has 1 aromatic rings. The van der Waals surface area contributed by atoms with Crippen LogP contribution < -0.4 is 5.32 Å². The fourth-order valence-electron chi connectivity index (χ4n) is 2.70. The number of benzene rings is 1. The van der Waals surface area contributed by atoms with E-state index in [1.165, 1.54) is 16.7 Å². The lowest BCUT2D eigenvalue weighted by atomic mass is 9.88. The molecule has 0 bridgehead atoms. The van der Waals surface area contributed by atoms with Gasteiger partial charge >= 0.3 is 0 Å². The number of carbonyl (C=O) groups excluding carboxylic acids is 1. The van der Waals surface area contributed by atoms with Crippen molar-refractivity contribution in [1.29, 1.82) is 0 Å². The van der Waals surface area contributed by atoms with Crippen molar-refractivity contribution < 1.29 is 4.79 Å². The molecular formula is C17H25NO. The lowest BCUT2D eigenvalue weighted by Crippen LogP contribution is -2.28. The van der Waals surface area contributed by atoms with E-state index < -0.39 is 0 Å². The minimum atomic E-state index is 0.450. The second kappa shape index (κ2) is 6.85. The predicted molar refractivity (Wildman–Crippen MR) is 79.5 cm³/mol. The third-order valence-corrected chi connectivity index (χ3v) is 4.26. The van der Waals surface area contributed by atoms with Crippen molar-refractivity contribution in [2.45, 2.75) is 46.0 Å². The number of Topliss-reactive ketones (excluding diaryl/α,β-unsaturated/α-hetero) is 1. The van der Waals surface area contributed by atoms with E-state index in [1.54, 1.807) is 0 Å². The molecule has 2 heteroatoms. The summed E-state index contributed by atoms with van der Waals surface area (Å²) in [7, 11) is 0. The zero-order valence-corrected chi connectivity index (χ0v) is 12.2. The van der Waals surface area contributed by atoms with Crippen LogP contribution in [-0.4, -0.2) is 18.9 Å². The fraction of sp³-hybridized carbons (Fsp3) is 0.588. The third kappa shape index (κ3) is 4.46. The number of rotatable bonds is 5. The number of ketones is 1. The van der Waals surface area contributed by atoms with Crippen LogP contribution in [0.5, 0.6) is 0 Å². The van der Waals surface area contributed by atoms with Crippen LogP contribution in [0.1, 0.15) is 42.4 Å². The van der Waals surface area contributed by atoms with Crippen molar-refractivity contribution >= 4 is 5.78 Å². The van der Waals surface area contributed by atoms with Crippen LogP contribution in [0.15, 0.2) is 18.2 Å². The smallest absolute Gasteiger partial charge is 0.132 e. The zero-order valence-electron chi connectivity index (χ0n) is 12.2. The molecule has 1 fully saturated rings. The molecular weight excluding hydrogens is 234 g/mol. The minimum Gasteiger partial charge on any atom is -0.316 e. The van der Waals surface area contributed by atoms with Crippen molar-refractivity contribution in [3.63, 3.8) is 0 Å². The lowest BCUT2D eigenvalue weighted by Gasteiger charge is -2.21. The van der Waals surface area contributed by atoms with Crippen molar-refractivity contribution in [2.75, 3.05) is 13.1 Å². The maximum atomic E-state index is 11.2. The molecule has 1 aliphatic rings. The van der Waals surface area contributed by atoms with Gasteiger partial charge in [-0.3, -0.25) is 4.79 Å². The normalized spacial score (nSPS) is 16.8. The highest BCUT2D eigenvalue weighted by Gasteiger charge is 2.17. The van der Waals surface area contributed by atoms with E-state index in [1.807, 2.05) is 0 Å². The monoisotopic (exact) mass is 259 g/mol. The summed E-state index contributed by atoms with van der Waals surface area (Å²) in [6.07, 6.45) is 4.84. The first kappa shape index (κ1) is 14.3. The minimum absolute atomic E-state index is 0.450. The summed E-state index contributed by atoms with van der Waals surface area (Å²) in [6.45, 7) is 6.43. The Morgan fingerprint density at radius 2 is 1.89 bits per heavy atom. The number of hydrogen-bond donors (Lipinski definition) is 1. The molecule has 1 N–H and O–H groups in total. The molecule has 1 aliphatic carbocycles. The Hall–Kier alpha value is -1.15. The van der Waals surface area contributed by atoms with Crippen LogP contribution in [0.4, 0.5) is 0 Å². The summed E-state index contributed by atoms with van der Waals surface area (Å²) < 4.78 is 0. The molecule has 2 rings (SSSR count). The highest BCUT2D eigenvalue weighted by molar-refractivity contribution is 5.79. The molecule has 2 nitrogen and oxygen atoms in total. The largest absolute Gasteiger partial charge is 0.316 e. The Kier molecular flexibility index (Phi) is 5.15. The molecule has 0 atom stereocenters. The number of aryl methyl sites for hydroxylation is 2. The van der Waals surface area contributed by atoms with E-state index in [0.717, 1.165) is 45.2 Å². The first-order valence-corrected chi connectivity index (χ1v) is 7.43. The van der Waals surface area contributed by atoms with E-state index in [-0.39, 0.29) is 0 Å². The van der Waals surface area contributed by atoms with Crippen molar-refractivity contribution in [3.8, 4) is 0 Å². The summed E-state index contributed by atoms with van der Waals surface area (Å²) >= 11 is 0. The number of carbonyl (C=O) groups is 1. The Morgan fingerprint density at radius 1 is 1.16 bits per heavy atom. The van der Waals surface area contributed by atoms with Gasteiger partial charge in [0.05, 0.1) is 0 Å². The quantitative estimate of drug-likeness (QED) is 0.823.